The summed E-state index contributed by atoms with van der Waals surface area (Å²) in [4.78, 5) is 12.7. The molecule has 0 unspecified atom stereocenters. The molecule has 1 heterocycles. The minimum atomic E-state index is -0.329. The topological polar surface area (TPSA) is 68.3 Å². The maximum Gasteiger partial charge on any atom is 0.268 e. The van der Waals surface area contributed by atoms with E-state index in [9.17, 15) is 4.79 Å². The van der Waals surface area contributed by atoms with Gasteiger partial charge in [-0.3, -0.25) is 10.2 Å². The number of carbonyl (C=O) groups excluding carboxylic acids is 1. The fourth-order valence-corrected chi connectivity index (χ4v) is 2.63. The summed E-state index contributed by atoms with van der Waals surface area (Å²) in [5.41, 5.74) is 5.12. The van der Waals surface area contributed by atoms with Gasteiger partial charge in [-0.25, -0.2) is 5.84 Å². The third-order valence-electron chi connectivity index (χ3n) is 2.97. The molecule has 0 saturated carbocycles. The standard InChI is InChI=1S/C14H16N2O2S/c1-9-3-4-11(7-10(9)2)19-8-13-12(5-6-18-13)14(17)16-15/h3-7H,8,15H2,1-2H3,(H,16,17). The Bertz CT molecular complexity index is 593. The van der Waals surface area contributed by atoms with E-state index in [0.717, 1.165) is 4.90 Å². The van der Waals surface area contributed by atoms with E-state index in [1.165, 1.54) is 17.4 Å². The van der Waals surface area contributed by atoms with Crippen molar-refractivity contribution in [2.45, 2.75) is 24.5 Å². The molecule has 1 aromatic heterocycles. The number of hydrazine groups is 1. The third kappa shape index (κ3) is 3.19. The molecule has 19 heavy (non-hydrogen) atoms. The number of nitrogens with two attached hydrogens (primary N) is 1. The van der Waals surface area contributed by atoms with E-state index in [1.807, 2.05) is 0 Å². The van der Waals surface area contributed by atoms with Gasteiger partial charge in [-0.2, -0.15) is 0 Å². The Morgan fingerprint density at radius 2 is 2.11 bits per heavy atom. The molecule has 4 nitrogen and oxygen atoms in total. The van der Waals surface area contributed by atoms with Crippen LogP contribution >= 0.6 is 11.8 Å². The molecular weight excluding hydrogens is 260 g/mol. The number of carbonyl (C=O) groups is 1. The summed E-state index contributed by atoms with van der Waals surface area (Å²) in [5, 5.41) is 0. The smallest absolute Gasteiger partial charge is 0.268 e. The molecule has 0 atom stereocenters. The largest absolute Gasteiger partial charge is 0.468 e. The van der Waals surface area contributed by atoms with Gasteiger partial charge in [0.05, 0.1) is 17.6 Å². The molecular formula is C14H16N2O2S. The van der Waals surface area contributed by atoms with Crippen LogP contribution in [0.5, 0.6) is 0 Å². The van der Waals surface area contributed by atoms with E-state index in [4.69, 9.17) is 10.3 Å². The highest BCUT2D eigenvalue weighted by molar-refractivity contribution is 7.98. The van der Waals surface area contributed by atoms with Crippen LogP contribution in [0.15, 0.2) is 39.8 Å². The molecule has 0 fully saturated rings. The van der Waals surface area contributed by atoms with Gasteiger partial charge in [0.25, 0.3) is 5.91 Å². The molecule has 100 valence electrons. The van der Waals surface area contributed by atoms with E-state index in [-0.39, 0.29) is 5.91 Å². The molecule has 3 N–H and O–H groups in total. The van der Waals surface area contributed by atoms with Gasteiger partial charge in [0.2, 0.25) is 0 Å². The van der Waals surface area contributed by atoms with Gasteiger partial charge < -0.3 is 4.42 Å². The van der Waals surface area contributed by atoms with Crippen LogP contribution in [0, 0.1) is 13.8 Å². The van der Waals surface area contributed by atoms with Gasteiger partial charge >= 0.3 is 0 Å². The Morgan fingerprint density at radius 1 is 1.32 bits per heavy atom. The van der Waals surface area contributed by atoms with Gasteiger partial charge in [0, 0.05) is 4.90 Å². The second kappa shape index (κ2) is 5.95. The van der Waals surface area contributed by atoms with E-state index >= 15 is 0 Å². The van der Waals surface area contributed by atoms with Crippen LogP contribution in [0.2, 0.25) is 0 Å². The van der Waals surface area contributed by atoms with Crippen LogP contribution in [0.1, 0.15) is 27.2 Å². The minimum absolute atomic E-state index is 0.329. The Labute approximate surface area is 116 Å². The zero-order valence-electron chi connectivity index (χ0n) is 10.9. The third-order valence-corrected chi connectivity index (χ3v) is 3.96. The molecule has 1 amide bonds. The maximum absolute atomic E-state index is 11.5. The lowest BCUT2D eigenvalue weighted by Crippen LogP contribution is -2.30. The van der Waals surface area contributed by atoms with Gasteiger partial charge in [0.15, 0.2) is 0 Å². The second-order valence-electron chi connectivity index (χ2n) is 4.27. The summed E-state index contributed by atoms with van der Waals surface area (Å²) >= 11 is 1.63. The van der Waals surface area contributed by atoms with Crippen molar-refractivity contribution in [3.63, 3.8) is 0 Å². The SMILES string of the molecule is Cc1ccc(SCc2occc2C(=O)NN)cc1C. The average Bonchev–Trinajstić information content (AvgIpc) is 2.87. The quantitative estimate of drug-likeness (QED) is 0.390. The lowest BCUT2D eigenvalue weighted by molar-refractivity contribution is 0.0952. The summed E-state index contributed by atoms with van der Waals surface area (Å²) in [7, 11) is 0. The van der Waals surface area contributed by atoms with E-state index in [1.54, 1.807) is 17.8 Å². The zero-order chi connectivity index (χ0) is 13.8. The molecule has 1 aromatic carbocycles. The summed E-state index contributed by atoms with van der Waals surface area (Å²) < 4.78 is 5.33. The number of hydrogen-bond acceptors (Lipinski definition) is 4. The van der Waals surface area contributed by atoms with Crippen molar-refractivity contribution >= 4 is 17.7 Å². The lowest BCUT2D eigenvalue weighted by Gasteiger charge is -2.05. The summed E-state index contributed by atoms with van der Waals surface area (Å²) in [6.45, 7) is 4.17. The monoisotopic (exact) mass is 276 g/mol. The average molecular weight is 276 g/mol. The van der Waals surface area contributed by atoms with Gasteiger partial charge in [-0.05, 0) is 43.2 Å². The van der Waals surface area contributed by atoms with Crippen molar-refractivity contribution in [3.8, 4) is 0 Å². The Morgan fingerprint density at radius 3 is 2.79 bits per heavy atom. The number of nitrogens with one attached hydrogen (secondary N) is 1. The normalized spacial score (nSPS) is 10.5. The van der Waals surface area contributed by atoms with Crippen molar-refractivity contribution in [2.75, 3.05) is 0 Å². The Hall–Kier alpha value is -1.72. The fourth-order valence-electron chi connectivity index (χ4n) is 1.69. The van der Waals surface area contributed by atoms with Crippen LogP contribution in [-0.4, -0.2) is 5.91 Å². The summed E-state index contributed by atoms with van der Waals surface area (Å²) in [6.07, 6.45) is 1.50. The van der Waals surface area contributed by atoms with E-state index in [2.05, 4.69) is 37.5 Å². The lowest BCUT2D eigenvalue weighted by atomic mass is 10.1. The van der Waals surface area contributed by atoms with E-state index in [0.29, 0.717) is 17.1 Å². The summed E-state index contributed by atoms with van der Waals surface area (Å²) in [6, 6.07) is 7.91. The number of aryl methyl sites for hydroxylation is 2. The molecule has 0 saturated heterocycles. The number of amides is 1. The maximum atomic E-state index is 11.5. The van der Waals surface area contributed by atoms with Crippen molar-refractivity contribution < 1.29 is 9.21 Å². The molecule has 0 aliphatic heterocycles. The minimum Gasteiger partial charge on any atom is -0.468 e. The van der Waals surface area contributed by atoms with E-state index < -0.39 is 0 Å². The molecule has 0 radical (unpaired) electrons. The van der Waals surface area contributed by atoms with Crippen molar-refractivity contribution in [2.24, 2.45) is 5.84 Å². The Kier molecular flexibility index (Phi) is 4.29. The number of thioether (sulfide) groups is 1. The highest BCUT2D eigenvalue weighted by Crippen LogP contribution is 2.26. The number of furan rings is 1. The van der Waals surface area contributed by atoms with Crippen molar-refractivity contribution in [3.05, 3.63) is 53.0 Å². The molecule has 2 aromatic rings. The number of benzene rings is 1. The fraction of sp³-hybridized carbons (Fsp3) is 0.214. The van der Waals surface area contributed by atoms with Crippen LogP contribution < -0.4 is 11.3 Å². The molecule has 2 rings (SSSR count). The number of hydrogen-bond donors (Lipinski definition) is 2. The first-order valence-electron chi connectivity index (χ1n) is 5.89. The number of rotatable bonds is 4. The highest BCUT2D eigenvalue weighted by Gasteiger charge is 2.13. The molecule has 0 aliphatic rings. The Balaban J connectivity index is 2.08. The predicted octanol–water partition coefficient (Wildman–Crippen LogP) is 2.79. The number of nitrogen functional groups attached to an aromatic ring is 1. The van der Waals surface area contributed by atoms with Gasteiger partial charge in [-0.15, -0.1) is 11.8 Å². The van der Waals surface area contributed by atoms with Gasteiger partial charge in [-0.1, -0.05) is 6.07 Å². The highest BCUT2D eigenvalue weighted by atomic mass is 32.2. The predicted molar refractivity (Wildman–Crippen MR) is 75.8 cm³/mol. The van der Waals surface area contributed by atoms with Crippen LogP contribution in [0.3, 0.4) is 0 Å². The summed E-state index contributed by atoms with van der Waals surface area (Å²) in [5.74, 6) is 6.02. The molecule has 0 spiro atoms. The second-order valence-corrected chi connectivity index (χ2v) is 5.31. The zero-order valence-corrected chi connectivity index (χ0v) is 11.7. The van der Waals surface area contributed by atoms with Crippen LogP contribution in [-0.2, 0) is 5.75 Å². The first-order valence-corrected chi connectivity index (χ1v) is 6.87. The first-order chi connectivity index (χ1) is 9.11. The first kappa shape index (κ1) is 13.7. The van der Waals surface area contributed by atoms with Crippen molar-refractivity contribution in [1.29, 1.82) is 0 Å². The van der Waals surface area contributed by atoms with Crippen LogP contribution in [0.4, 0.5) is 0 Å². The van der Waals surface area contributed by atoms with Crippen molar-refractivity contribution in [1.82, 2.24) is 5.43 Å². The molecule has 0 bridgehead atoms. The molecule has 5 heteroatoms. The van der Waals surface area contributed by atoms with Gasteiger partial charge in [0.1, 0.15) is 5.76 Å². The molecule has 0 aliphatic carbocycles. The van der Waals surface area contributed by atoms with Crippen LogP contribution in [0.25, 0.3) is 0 Å².